The number of amides is 1. The van der Waals surface area contributed by atoms with Gasteiger partial charge < -0.3 is 9.64 Å². The van der Waals surface area contributed by atoms with Crippen LogP contribution in [-0.4, -0.2) is 25.0 Å². The van der Waals surface area contributed by atoms with Crippen molar-refractivity contribution < 1.29 is 14.3 Å². The first kappa shape index (κ1) is 19.9. The first-order valence-corrected chi connectivity index (χ1v) is 9.71. The van der Waals surface area contributed by atoms with E-state index in [2.05, 4.69) is 0 Å². The SMILES string of the molecule is CCOC(=O)/C(=C\c1ccccc1)c1cccc2c1N(C(=O)C(C)(C)C)CC2. The molecule has 1 amide bonds. The molecule has 3 rings (SSSR count). The van der Waals surface area contributed by atoms with E-state index in [-0.39, 0.29) is 11.9 Å². The summed E-state index contributed by atoms with van der Waals surface area (Å²) in [4.78, 5) is 27.7. The van der Waals surface area contributed by atoms with Gasteiger partial charge in [-0.15, -0.1) is 0 Å². The Hall–Kier alpha value is -2.88. The van der Waals surface area contributed by atoms with Crippen LogP contribution in [0.2, 0.25) is 0 Å². The summed E-state index contributed by atoms with van der Waals surface area (Å²) in [6.07, 6.45) is 2.62. The van der Waals surface area contributed by atoms with E-state index in [1.165, 1.54) is 0 Å². The van der Waals surface area contributed by atoms with Gasteiger partial charge in [0.25, 0.3) is 0 Å². The lowest BCUT2D eigenvalue weighted by atomic mass is 9.93. The predicted octanol–water partition coefficient (Wildman–Crippen LogP) is 4.73. The minimum atomic E-state index is -0.498. The van der Waals surface area contributed by atoms with Crippen LogP contribution in [0.25, 0.3) is 11.6 Å². The van der Waals surface area contributed by atoms with E-state index in [0.717, 1.165) is 28.8 Å². The van der Waals surface area contributed by atoms with Gasteiger partial charge in [0.15, 0.2) is 0 Å². The lowest BCUT2D eigenvalue weighted by Gasteiger charge is -2.28. The molecule has 0 fully saturated rings. The van der Waals surface area contributed by atoms with Crippen LogP contribution in [-0.2, 0) is 20.7 Å². The van der Waals surface area contributed by atoms with E-state index in [4.69, 9.17) is 4.74 Å². The number of rotatable bonds is 4. The molecule has 2 aromatic carbocycles. The lowest BCUT2D eigenvalue weighted by Crippen LogP contribution is -2.38. The fraction of sp³-hybridized carbons (Fsp3) is 0.333. The molecule has 0 aliphatic carbocycles. The average Bonchev–Trinajstić information content (AvgIpc) is 3.10. The van der Waals surface area contributed by atoms with Crippen LogP contribution in [0.4, 0.5) is 5.69 Å². The van der Waals surface area contributed by atoms with Crippen molar-refractivity contribution in [3.63, 3.8) is 0 Å². The third-order valence-electron chi connectivity index (χ3n) is 4.78. The van der Waals surface area contributed by atoms with Gasteiger partial charge in [-0.2, -0.15) is 0 Å². The predicted molar refractivity (Wildman–Crippen MR) is 113 cm³/mol. The zero-order valence-electron chi connectivity index (χ0n) is 17.0. The highest BCUT2D eigenvalue weighted by Gasteiger charge is 2.35. The van der Waals surface area contributed by atoms with E-state index in [1.54, 1.807) is 6.92 Å². The second-order valence-corrected chi connectivity index (χ2v) is 7.96. The molecule has 0 aromatic heterocycles. The molecule has 0 saturated heterocycles. The first-order chi connectivity index (χ1) is 13.3. The second-order valence-electron chi connectivity index (χ2n) is 7.96. The number of ether oxygens (including phenoxy) is 1. The highest BCUT2D eigenvalue weighted by molar-refractivity contribution is 6.24. The largest absolute Gasteiger partial charge is 0.462 e. The molecular formula is C24H27NO3. The van der Waals surface area contributed by atoms with Gasteiger partial charge >= 0.3 is 5.97 Å². The lowest BCUT2D eigenvalue weighted by molar-refractivity contribution is -0.136. The number of benzene rings is 2. The molecule has 0 N–H and O–H groups in total. The van der Waals surface area contributed by atoms with E-state index in [9.17, 15) is 9.59 Å². The number of carbonyl (C=O) groups excluding carboxylic acids is 2. The van der Waals surface area contributed by atoms with Gasteiger partial charge in [-0.1, -0.05) is 69.3 Å². The normalized spacial score (nSPS) is 14.0. The molecule has 0 bridgehead atoms. The van der Waals surface area contributed by atoms with Crippen molar-refractivity contribution in [3.8, 4) is 0 Å². The Morgan fingerprint density at radius 3 is 2.43 bits per heavy atom. The number of nitrogens with zero attached hydrogens (tertiary/aromatic N) is 1. The number of fused-ring (bicyclic) bond motifs is 1. The summed E-state index contributed by atoms with van der Waals surface area (Å²) in [6.45, 7) is 8.48. The van der Waals surface area contributed by atoms with Crippen molar-refractivity contribution >= 4 is 29.2 Å². The third-order valence-corrected chi connectivity index (χ3v) is 4.78. The third kappa shape index (κ3) is 4.01. The Kier molecular flexibility index (Phi) is 5.68. The van der Waals surface area contributed by atoms with Crippen LogP contribution >= 0.6 is 0 Å². The maximum atomic E-state index is 13.0. The molecular weight excluding hydrogens is 350 g/mol. The van der Waals surface area contributed by atoms with Gasteiger partial charge in [0.1, 0.15) is 0 Å². The molecule has 1 aliphatic rings. The Balaban J connectivity index is 2.15. The molecule has 1 heterocycles. The summed E-state index contributed by atoms with van der Waals surface area (Å²) in [5.41, 5.74) is 3.54. The second kappa shape index (κ2) is 8.01. The quantitative estimate of drug-likeness (QED) is 0.440. The Labute approximate surface area is 166 Å². The molecule has 0 spiro atoms. The van der Waals surface area contributed by atoms with E-state index in [0.29, 0.717) is 18.7 Å². The van der Waals surface area contributed by atoms with Crippen molar-refractivity contribution in [1.82, 2.24) is 0 Å². The minimum Gasteiger partial charge on any atom is -0.462 e. The summed E-state index contributed by atoms with van der Waals surface area (Å²) < 4.78 is 5.34. The fourth-order valence-electron chi connectivity index (χ4n) is 3.45. The topological polar surface area (TPSA) is 46.6 Å². The van der Waals surface area contributed by atoms with Crippen LogP contribution in [0, 0.1) is 5.41 Å². The summed E-state index contributed by atoms with van der Waals surface area (Å²) in [7, 11) is 0. The smallest absolute Gasteiger partial charge is 0.338 e. The van der Waals surface area contributed by atoms with Gasteiger partial charge in [-0.3, -0.25) is 4.79 Å². The summed E-state index contributed by atoms with van der Waals surface area (Å²) >= 11 is 0. The Bertz CT molecular complexity index is 907. The minimum absolute atomic E-state index is 0.0571. The Morgan fingerprint density at radius 1 is 1.07 bits per heavy atom. The molecule has 2 aromatic rings. The monoisotopic (exact) mass is 377 g/mol. The van der Waals surface area contributed by atoms with Gasteiger partial charge in [-0.25, -0.2) is 4.79 Å². The van der Waals surface area contributed by atoms with Crippen molar-refractivity contribution in [2.24, 2.45) is 5.41 Å². The van der Waals surface area contributed by atoms with Crippen LogP contribution in [0.1, 0.15) is 44.4 Å². The van der Waals surface area contributed by atoms with Gasteiger partial charge in [0.05, 0.1) is 17.9 Å². The molecule has 4 nitrogen and oxygen atoms in total. The van der Waals surface area contributed by atoms with Crippen molar-refractivity contribution in [2.75, 3.05) is 18.1 Å². The Morgan fingerprint density at radius 2 is 1.79 bits per heavy atom. The van der Waals surface area contributed by atoms with Crippen molar-refractivity contribution in [2.45, 2.75) is 34.1 Å². The zero-order chi connectivity index (χ0) is 20.3. The van der Waals surface area contributed by atoms with Gasteiger partial charge in [0.2, 0.25) is 5.91 Å². The summed E-state index contributed by atoms with van der Waals surface area (Å²) in [5, 5.41) is 0. The van der Waals surface area contributed by atoms with Crippen molar-refractivity contribution in [1.29, 1.82) is 0 Å². The van der Waals surface area contributed by atoms with Gasteiger partial charge in [0, 0.05) is 17.5 Å². The highest BCUT2D eigenvalue weighted by atomic mass is 16.5. The number of para-hydroxylation sites is 1. The van der Waals surface area contributed by atoms with Gasteiger partial charge in [-0.05, 0) is 30.5 Å². The number of hydrogen-bond acceptors (Lipinski definition) is 3. The van der Waals surface area contributed by atoms with E-state index in [1.807, 2.05) is 80.3 Å². The summed E-state index contributed by atoms with van der Waals surface area (Å²) in [5.74, 6) is -0.323. The molecule has 0 atom stereocenters. The maximum absolute atomic E-state index is 13.0. The zero-order valence-corrected chi connectivity index (χ0v) is 17.0. The number of hydrogen-bond donors (Lipinski definition) is 0. The average molecular weight is 377 g/mol. The van der Waals surface area contributed by atoms with Crippen molar-refractivity contribution in [3.05, 3.63) is 65.2 Å². The summed E-state index contributed by atoms with van der Waals surface area (Å²) in [6, 6.07) is 15.6. The molecule has 0 saturated carbocycles. The molecule has 0 radical (unpaired) electrons. The van der Waals surface area contributed by atoms with Crippen LogP contribution in [0.3, 0.4) is 0 Å². The molecule has 0 unspecified atom stereocenters. The van der Waals surface area contributed by atoms with E-state index >= 15 is 0 Å². The number of anilines is 1. The first-order valence-electron chi connectivity index (χ1n) is 9.71. The fourth-order valence-corrected chi connectivity index (χ4v) is 3.45. The van der Waals surface area contributed by atoms with Crippen LogP contribution in [0.5, 0.6) is 0 Å². The molecule has 28 heavy (non-hydrogen) atoms. The van der Waals surface area contributed by atoms with Crippen LogP contribution in [0.15, 0.2) is 48.5 Å². The molecule has 1 aliphatic heterocycles. The van der Waals surface area contributed by atoms with Crippen LogP contribution < -0.4 is 4.90 Å². The molecule has 4 heteroatoms. The highest BCUT2D eigenvalue weighted by Crippen LogP contribution is 2.39. The molecule has 146 valence electrons. The maximum Gasteiger partial charge on any atom is 0.338 e. The number of esters is 1. The standard InChI is InChI=1S/C24H27NO3/c1-5-28-22(26)20(16-17-10-7-6-8-11-17)19-13-9-12-18-14-15-25(21(18)19)23(27)24(2,3)4/h6-13,16H,5,14-15H2,1-4H3/b20-16-. The van der Waals surface area contributed by atoms with E-state index < -0.39 is 5.41 Å². The number of carbonyl (C=O) groups is 2.